The molecule has 0 spiro atoms. The van der Waals surface area contributed by atoms with E-state index < -0.39 is 0 Å². The van der Waals surface area contributed by atoms with Gasteiger partial charge in [-0.25, -0.2) is 4.98 Å². The molecule has 2 N–H and O–H groups in total. The van der Waals surface area contributed by atoms with Crippen molar-refractivity contribution in [3.8, 4) is 0 Å². The summed E-state index contributed by atoms with van der Waals surface area (Å²) in [7, 11) is 0. The van der Waals surface area contributed by atoms with E-state index in [0.717, 1.165) is 47.9 Å². The van der Waals surface area contributed by atoms with Crippen molar-refractivity contribution in [2.24, 2.45) is 29.4 Å². The average Bonchev–Trinajstić information content (AvgIpc) is 3.48. The summed E-state index contributed by atoms with van der Waals surface area (Å²) in [6, 6.07) is 3.74. The molecule has 0 aromatic carbocycles. The summed E-state index contributed by atoms with van der Waals surface area (Å²) in [5, 5.41) is 0.772. The number of carbonyl (C=O) groups is 2. The highest BCUT2D eigenvalue weighted by atomic mass is 32.1. The number of nitrogens with two attached hydrogens (primary N) is 1. The molecule has 176 valence electrons. The van der Waals surface area contributed by atoms with Gasteiger partial charge in [-0.15, -0.1) is 0 Å². The van der Waals surface area contributed by atoms with E-state index in [-0.39, 0.29) is 35.8 Å². The molecule has 0 radical (unpaired) electrons. The molecule has 3 heterocycles. The highest BCUT2D eigenvalue weighted by Crippen LogP contribution is 2.58. The zero-order valence-corrected chi connectivity index (χ0v) is 19.6. The molecule has 2 atom stereocenters. The third-order valence-electron chi connectivity index (χ3n) is 8.37. The summed E-state index contributed by atoms with van der Waals surface area (Å²) >= 11 is 1.43. The van der Waals surface area contributed by atoms with Gasteiger partial charge < -0.3 is 19.8 Å². The zero-order valence-electron chi connectivity index (χ0n) is 18.8. The fourth-order valence-electron chi connectivity index (χ4n) is 7.40. The maximum Gasteiger partial charge on any atom is 0.237 e. The molecule has 4 saturated carbocycles. The maximum atomic E-state index is 13.4. The van der Waals surface area contributed by atoms with Gasteiger partial charge in [0.25, 0.3) is 0 Å². The number of ether oxygens (including phenoxy) is 1. The van der Waals surface area contributed by atoms with Gasteiger partial charge in [-0.05, 0) is 81.3 Å². The van der Waals surface area contributed by atoms with Gasteiger partial charge in [0.2, 0.25) is 5.91 Å². The second-order valence-corrected chi connectivity index (χ2v) is 11.7. The van der Waals surface area contributed by atoms with Crippen LogP contribution in [0.25, 0.3) is 0 Å². The van der Waals surface area contributed by atoms with Gasteiger partial charge in [0.1, 0.15) is 11.9 Å². The first kappa shape index (κ1) is 21.4. The molecule has 2 aromatic heterocycles. The van der Waals surface area contributed by atoms with Crippen molar-refractivity contribution in [1.82, 2.24) is 4.98 Å². The molecule has 7 rings (SSSR count). The van der Waals surface area contributed by atoms with Gasteiger partial charge >= 0.3 is 0 Å². The molecule has 1 aliphatic heterocycles. The maximum absolute atomic E-state index is 13.4. The Balaban J connectivity index is 1.24. The van der Waals surface area contributed by atoms with Gasteiger partial charge in [0.05, 0.1) is 23.9 Å². The Morgan fingerprint density at radius 2 is 1.88 bits per heavy atom. The van der Waals surface area contributed by atoms with Crippen LogP contribution in [0.5, 0.6) is 0 Å². The van der Waals surface area contributed by atoms with Crippen LogP contribution in [-0.2, 0) is 9.53 Å². The van der Waals surface area contributed by atoms with E-state index in [9.17, 15) is 9.59 Å². The molecule has 33 heavy (non-hydrogen) atoms. The number of nitrogens with zero attached hydrogens (tertiary/aromatic N) is 2. The lowest BCUT2D eigenvalue weighted by atomic mass is 9.52. The smallest absolute Gasteiger partial charge is 0.237 e. The number of furan rings is 1. The number of carbonyl (C=O) groups excluding carboxylic acids is 2. The van der Waals surface area contributed by atoms with Gasteiger partial charge in [0, 0.05) is 18.1 Å². The first-order valence-electron chi connectivity index (χ1n) is 12.2. The van der Waals surface area contributed by atoms with E-state index in [2.05, 4.69) is 9.88 Å². The number of hydrogen-bond donors (Lipinski definition) is 1. The van der Waals surface area contributed by atoms with E-state index in [1.807, 2.05) is 12.1 Å². The van der Waals surface area contributed by atoms with Crippen molar-refractivity contribution in [2.75, 3.05) is 18.1 Å². The minimum atomic E-state index is -0.334. The minimum absolute atomic E-state index is 0.0367. The van der Waals surface area contributed by atoms with Crippen molar-refractivity contribution in [2.45, 2.75) is 63.0 Å². The first-order valence-corrected chi connectivity index (χ1v) is 13.0. The van der Waals surface area contributed by atoms with Crippen LogP contribution in [0.1, 0.15) is 72.9 Å². The van der Waals surface area contributed by atoms with Crippen LogP contribution in [0.15, 0.2) is 29.0 Å². The molecule has 4 bridgehead atoms. The number of ketones is 1. The third kappa shape index (κ3) is 3.91. The second kappa shape index (κ2) is 8.24. The molecule has 4 aliphatic carbocycles. The van der Waals surface area contributed by atoms with E-state index in [1.54, 1.807) is 12.5 Å². The molecule has 7 nitrogen and oxygen atoms in total. The summed E-state index contributed by atoms with van der Waals surface area (Å²) < 4.78 is 11.3. The van der Waals surface area contributed by atoms with Crippen LogP contribution in [0.4, 0.5) is 5.13 Å². The first-order chi connectivity index (χ1) is 16.0. The van der Waals surface area contributed by atoms with Gasteiger partial charge in [0.15, 0.2) is 10.9 Å². The Kier molecular flexibility index (Phi) is 5.33. The standard InChI is InChI=1S/C25H31N3O4S/c26-22(29)14-28(25-10-15-6-16(11-25)8-17(7-15)12-25)24-27-13-21(33-24)23(30)18-3-5-32-20(9-18)19-2-1-4-31-19/h1-2,4,13,15-18,20H,3,5-12,14H2,(H2,26,29). The zero-order chi connectivity index (χ0) is 22.6. The van der Waals surface area contributed by atoms with Crippen LogP contribution in [0, 0.1) is 23.7 Å². The van der Waals surface area contributed by atoms with Gasteiger partial charge in [-0.1, -0.05) is 11.3 Å². The lowest BCUT2D eigenvalue weighted by Crippen LogP contribution is -2.61. The van der Waals surface area contributed by atoms with Crippen molar-refractivity contribution >= 4 is 28.2 Å². The lowest BCUT2D eigenvalue weighted by molar-refractivity contribution is -0.117. The predicted molar refractivity (Wildman–Crippen MR) is 124 cm³/mol. The van der Waals surface area contributed by atoms with Crippen LogP contribution >= 0.6 is 11.3 Å². The van der Waals surface area contributed by atoms with E-state index in [0.29, 0.717) is 24.3 Å². The summed E-state index contributed by atoms with van der Waals surface area (Å²) in [6.07, 6.45) is 11.8. The molecular weight excluding hydrogens is 438 g/mol. The quantitative estimate of drug-likeness (QED) is 0.606. The highest BCUT2D eigenvalue weighted by Gasteiger charge is 2.54. The molecule has 5 fully saturated rings. The minimum Gasteiger partial charge on any atom is -0.467 e. The summed E-state index contributed by atoms with van der Waals surface area (Å²) in [5.41, 5.74) is 5.66. The second-order valence-electron chi connectivity index (χ2n) is 10.7. The van der Waals surface area contributed by atoms with Crippen molar-refractivity contribution in [3.05, 3.63) is 35.2 Å². The van der Waals surface area contributed by atoms with E-state index in [1.165, 1.54) is 30.6 Å². The van der Waals surface area contributed by atoms with Crippen molar-refractivity contribution in [3.63, 3.8) is 0 Å². The van der Waals surface area contributed by atoms with Crippen LogP contribution in [-0.4, -0.2) is 35.4 Å². The molecule has 2 aromatic rings. The van der Waals surface area contributed by atoms with E-state index in [4.69, 9.17) is 14.9 Å². The Morgan fingerprint density at radius 3 is 2.52 bits per heavy atom. The number of thiazole rings is 1. The molecule has 8 heteroatoms. The number of anilines is 1. The molecule has 1 amide bonds. The Labute approximate surface area is 197 Å². The molecule has 5 aliphatic rings. The molecule has 1 saturated heterocycles. The Bertz CT molecular complexity index is 997. The summed E-state index contributed by atoms with van der Waals surface area (Å²) in [5.74, 6) is 2.66. The normalized spacial score (nSPS) is 35.0. The Hall–Kier alpha value is -2.19. The van der Waals surface area contributed by atoms with Gasteiger partial charge in [-0.2, -0.15) is 0 Å². The summed E-state index contributed by atoms with van der Waals surface area (Å²) in [4.78, 5) is 33.0. The average molecular weight is 470 g/mol. The largest absolute Gasteiger partial charge is 0.467 e. The van der Waals surface area contributed by atoms with Crippen molar-refractivity contribution < 1.29 is 18.7 Å². The monoisotopic (exact) mass is 469 g/mol. The van der Waals surface area contributed by atoms with Crippen LogP contribution < -0.4 is 10.6 Å². The third-order valence-corrected chi connectivity index (χ3v) is 9.41. The highest BCUT2D eigenvalue weighted by molar-refractivity contribution is 7.17. The Morgan fingerprint density at radius 1 is 1.15 bits per heavy atom. The van der Waals surface area contributed by atoms with Crippen LogP contribution in [0.2, 0.25) is 0 Å². The van der Waals surface area contributed by atoms with E-state index >= 15 is 0 Å². The number of rotatable bonds is 7. The van der Waals surface area contributed by atoms with Crippen LogP contribution in [0.3, 0.4) is 0 Å². The predicted octanol–water partition coefficient (Wildman–Crippen LogP) is 4.35. The number of Topliss-reactive ketones (excluding diaryl/α,β-unsaturated/α-hetero) is 1. The van der Waals surface area contributed by atoms with Crippen molar-refractivity contribution in [1.29, 1.82) is 0 Å². The topological polar surface area (TPSA) is 98.7 Å². The lowest BCUT2D eigenvalue weighted by Gasteiger charge is -2.60. The number of primary amides is 1. The van der Waals surface area contributed by atoms with Gasteiger partial charge in [-0.3, -0.25) is 9.59 Å². The fraction of sp³-hybridized carbons (Fsp3) is 0.640. The summed E-state index contributed by atoms with van der Waals surface area (Å²) in [6.45, 7) is 0.708. The SMILES string of the molecule is NC(=O)CN(c1ncc(C(=O)C2CCOC(c3ccco3)C2)s1)C12CC3CC(CC(C3)C1)C2. The number of amides is 1. The number of hydrogen-bond acceptors (Lipinski definition) is 7. The molecular formula is C25H31N3O4S. The molecule has 2 unspecified atom stereocenters. The fourth-order valence-corrected chi connectivity index (χ4v) is 8.45. The number of aromatic nitrogens is 1.